The number of benzene rings is 2. The fourth-order valence-electron chi connectivity index (χ4n) is 2.21. The fourth-order valence-corrected chi connectivity index (χ4v) is 4.02. The van der Waals surface area contributed by atoms with Gasteiger partial charge >= 0.3 is 0 Å². The van der Waals surface area contributed by atoms with Gasteiger partial charge in [0, 0.05) is 26.4 Å². The van der Waals surface area contributed by atoms with Crippen LogP contribution >= 0.6 is 46.3 Å². The Morgan fingerprint density at radius 1 is 1.24 bits per heavy atom. The van der Waals surface area contributed by atoms with Gasteiger partial charge in [0.1, 0.15) is 0 Å². The van der Waals surface area contributed by atoms with E-state index in [9.17, 15) is 4.79 Å². The van der Waals surface area contributed by atoms with Crippen LogP contribution in [-0.4, -0.2) is 16.6 Å². The molecule has 1 N–H and O–H groups in total. The summed E-state index contributed by atoms with van der Waals surface area (Å²) in [7, 11) is 0. The first-order valence-electron chi connectivity index (χ1n) is 7.52. The number of nitrogens with one attached hydrogen (secondary N) is 1. The Balaban J connectivity index is 1.78. The first-order chi connectivity index (χ1) is 12.1. The molecule has 3 rings (SSSR count). The van der Waals surface area contributed by atoms with Crippen molar-refractivity contribution in [2.45, 2.75) is 11.8 Å². The number of carbonyl (C=O) groups excluding carboxylic acids is 1. The molecule has 25 heavy (non-hydrogen) atoms. The van der Waals surface area contributed by atoms with Crippen molar-refractivity contribution < 1.29 is 4.79 Å². The number of thioether (sulfide) groups is 1. The maximum atomic E-state index is 12.4. The van der Waals surface area contributed by atoms with Gasteiger partial charge in [0.25, 0.3) is 5.91 Å². The second kappa shape index (κ2) is 8.23. The van der Waals surface area contributed by atoms with Crippen LogP contribution in [0.25, 0.3) is 11.3 Å². The molecular formula is C18H14Cl2N2OS2. The van der Waals surface area contributed by atoms with Crippen LogP contribution in [0.5, 0.6) is 0 Å². The van der Waals surface area contributed by atoms with Gasteiger partial charge in [-0.2, -0.15) is 0 Å². The lowest BCUT2D eigenvalue weighted by atomic mass is 10.2. The van der Waals surface area contributed by atoms with E-state index in [2.05, 4.69) is 17.2 Å². The molecule has 0 unspecified atom stereocenters. The van der Waals surface area contributed by atoms with Gasteiger partial charge in [-0.05, 0) is 42.2 Å². The summed E-state index contributed by atoms with van der Waals surface area (Å²) in [6.07, 6.45) is 0. The van der Waals surface area contributed by atoms with Gasteiger partial charge in [0.2, 0.25) is 0 Å². The molecule has 0 fully saturated rings. The Morgan fingerprint density at radius 2 is 2.08 bits per heavy atom. The highest BCUT2D eigenvalue weighted by molar-refractivity contribution is 7.99. The molecule has 3 nitrogen and oxygen atoms in total. The summed E-state index contributed by atoms with van der Waals surface area (Å²) in [6, 6.07) is 12.8. The molecule has 7 heteroatoms. The van der Waals surface area contributed by atoms with E-state index in [1.165, 1.54) is 11.3 Å². The Hall–Kier alpha value is -1.53. The van der Waals surface area contributed by atoms with Crippen LogP contribution < -0.4 is 5.32 Å². The molecule has 0 aliphatic heterocycles. The second-order valence-electron chi connectivity index (χ2n) is 5.08. The lowest BCUT2D eigenvalue weighted by Gasteiger charge is -2.04. The molecule has 2 aromatic carbocycles. The number of thiazole rings is 1. The molecule has 128 valence electrons. The minimum atomic E-state index is -0.184. The largest absolute Gasteiger partial charge is 0.298 e. The maximum absolute atomic E-state index is 12.4. The minimum absolute atomic E-state index is 0.184. The zero-order valence-electron chi connectivity index (χ0n) is 13.3. The molecule has 0 saturated heterocycles. The molecule has 0 aliphatic rings. The van der Waals surface area contributed by atoms with Crippen molar-refractivity contribution in [3.05, 3.63) is 63.5 Å². The number of anilines is 1. The summed E-state index contributed by atoms with van der Waals surface area (Å²) in [4.78, 5) is 18.0. The van der Waals surface area contributed by atoms with E-state index in [0.29, 0.717) is 26.4 Å². The molecule has 0 spiro atoms. The van der Waals surface area contributed by atoms with Gasteiger partial charge in [-0.3, -0.25) is 10.1 Å². The highest BCUT2D eigenvalue weighted by Gasteiger charge is 2.12. The molecule has 0 saturated carbocycles. The normalized spacial score (nSPS) is 10.7. The summed E-state index contributed by atoms with van der Waals surface area (Å²) in [5, 5.41) is 6.35. The Morgan fingerprint density at radius 3 is 2.88 bits per heavy atom. The molecule has 1 aromatic heterocycles. The quantitative estimate of drug-likeness (QED) is 0.491. The number of amides is 1. The molecule has 0 bridgehead atoms. The number of carbonyl (C=O) groups is 1. The number of hydrogen-bond donors (Lipinski definition) is 1. The van der Waals surface area contributed by atoms with E-state index >= 15 is 0 Å². The van der Waals surface area contributed by atoms with Crippen LogP contribution in [0.2, 0.25) is 10.0 Å². The number of nitrogens with zero attached hydrogens (tertiary/aromatic N) is 1. The molecule has 3 aromatic rings. The van der Waals surface area contributed by atoms with Crippen molar-refractivity contribution in [2.24, 2.45) is 0 Å². The van der Waals surface area contributed by atoms with E-state index in [-0.39, 0.29) is 5.91 Å². The summed E-state index contributed by atoms with van der Waals surface area (Å²) in [5.74, 6) is 0.776. The van der Waals surface area contributed by atoms with Gasteiger partial charge in [0.05, 0.1) is 10.7 Å². The summed E-state index contributed by atoms with van der Waals surface area (Å²) < 4.78 is 0. The van der Waals surface area contributed by atoms with E-state index in [1.807, 2.05) is 23.6 Å². The predicted molar refractivity (Wildman–Crippen MR) is 108 cm³/mol. The SMILES string of the molecule is CCSc1cccc(C(=O)Nc2nc(-c3cc(Cl)ccc3Cl)cs2)c1. The van der Waals surface area contributed by atoms with E-state index in [4.69, 9.17) is 23.2 Å². The zero-order valence-corrected chi connectivity index (χ0v) is 16.4. The van der Waals surface area contributed by atoms with Gasteiger partial charge in [-0.15, -0.1) is 23.1 Å². The van der Waals surface area contributed by atoms with Crippen LogP contribution in [-0.2, 0) is 0 Å². The van der Waals surface area contributed by atoms with Crippen molar-refractivity contribution in [2.75, 3.05) is 11.1 Å². The summed E-state index contributed by atoms with van der Waals surface area (Å²) in [6.45, 7) is 2.08. The van der Waals surface area contributed by atoms with Crippen molar-refractivity contribution in [3.8, 4) is 11.3 Å². The van der Waals surface area contributed by atoms with Gasteiger partial charge in [-0.1, -0.05) is 36.2 Å². The Labute approximate surface area is 164 Å². The van der Waals surface area contributed by atoms with Gasteiger partial charge in [0.15, 0.2) is 5.13 Å². The molecular weight excluding hydrogens is 395 g/mol. The molecule has 1 heterocycles. The Kier molecular flexibility index (Phi) is 6.02. The number of aromatic nitrogens is 1. The van der Waals surface area contributed by atoms with Crippen molar-refractivity contribution in [1.82, 2.24) is 4.98 Å². The van der Waals surface area contributed by atoms with E-state index < -0.39 is 0 Å². The van der Waals surface area contributed by atoms with Crippen LogP contribution in [0, 0.1) is 0 Å². The maximum Gasteiger partial charge on any atom is 0.257 e. The van der Waals surface area contributed by atoms with Crippen molar-refractivity contribution in [3.63, 3.8) is 0 Å². The lowest BCUT2D eigenvalue weighted by molar-refractivity contribution is 0.102. The molecule has 0 atom stereocenters. The lowest BCUT2D eigenvalue weighted by Crippen LogP contribution is -2.11. The Bertz CT molecular complexity index is 912. The topological polar surface area (TPSA) is 42.0 Å². The molecule has 0 aliphatic carbocycles. The monoisotopic (exact) mass is 408 g/mol. The van der Waals surface area contributed by atoms with Crippen molar-refractivity contribution >= 4 is 57.3 Å². The number of hydrogen-bond acceptors (Lipinski definition) is 4. The van der Waals surface area contributed by atoms with E-state index in [0.717, 1.165) is 16.2 Å². The highest BCUT2D eigenvalue weighted by atomic mass is 35.5. The third kappa shape index (κ3) is 4.55. The summed E-state index contributed by atoms with van der Waals surface area (Å²) >= 11 is 15.3. The van der Waals surface area contributed by atoms with E-state index in [1.54, 1.807) is 36.0 Å². The third-order valence-corrected chi connectivity index (χ3v) is 5.53. The van der Waals surface area contributed by atoms with Gasteiger partial charge < -0.3 is 0 Å². The predicted octanol–water partition coefficient (Wildman–Crippen LogP) is 6.48. The standard InChI is InChI=1S/C18H14Cl2N2OS2/c1-2-24-13-5-3-4-11(8-13)17(23)22-18-21-16(10-25-18)14-9-12(19)6-7-15(14)20/h3-10H,2H2,1H3,(H,21,22,23). The summed E-state index contributed by atoms with van der Waals surface area (Å²) in [5.41, 5.74) is 2.03. The van der Waals surface area contributed by atoms with Crippen LogP contribution in [0.3, 0.4) is 0 Å². The smallest absolute Gasteiger partial charge is 0.257 e. The van der Waals surface area contributed by atoms with Gasteiger partial charge in [-0.25, -0.2) is 4.98 Å². The van der Waals surface area contributed by atoms with Crippen LogP contribution in [0.1, 0.15) is 17.3 Å². The average Bonchev–Trinajstić information content (AvgIpc) is 3.06. The first-order valence-corrected chi connectivity index (χ1v) is 10.1. The zero-order chi connectivity index (χ0) is 17.8. The number of halogens is 2. The second-order valence-corrected chi connectivity index (χ2v) is 8.12. The minimum Gasteiger partial charge on any atom is -0.298 e. The average molecular weight is 409 g/mol. The van der Waals surface area contributed by atoms with Crippen LogP contribution in [0.4, 0.5) is 5.13 Å². The van der Waals surface area contributed by atoms with Crippen molar-refractivity contribution in [1.29, 1.82) is 0 Å². The highest BCUT2D eigenvalue weighted by Crippen LogP contribution is 2.32. The first kappa shape index (κ1) is 18.3. The third-order valence-electron chi connectivity index (χ3n) is 3.34. The fraction of sp³-hybridized carbons (Fsp3) is 0.111. The molecule has 1 amide bonds. The number of rotatable bonds is 5. The molecule has 0 radical (unpaired) electrons. The van der Waals surface area contributed by atoms with Crippen LogP contribution in [0.15, 0.2) is 52.7 Å².